The van der Waals surface area contributed by atoms with Gasteiger partial charge in [-0.15, -0.1) is 0 Å². The van der Waals surface area contributed by atoms with E-state index in [1.54, 1.807) is 0 Å². The van der Waals surface area contributed by atoms with E-state index in [1.807, 2.05) is 0 Å². The van der Waals surface area contributed by atoms with Gasteiger partial charge in [-0.1, -0.05) is 13.3 Å². The van der Waals surface area contributed by atoms with E-state index in [-0.39, 0.29) is 0 Å². The predicted octanol–water partition coefficient (Wildman–Crippen LogP) is 3.30. The van der Waals surface area contributed by atoms with Crippen molar-refractivity contribution in [3.8, 4) is 0 Å². The van der Waals surface area contributed by atoms with Crippen LogP contribution in [0.5, 0.6) is 0 Å². The summed E-state index contributed by atoms with van der Waals surface area (Å²) in [6.45, 7) is 10.8. The Balaban J connectivity index is 2.14. The van der Waals surface area contributed by atoms with Crippen LogP contribution in [0.1, 0.15) is 53.4 Å². The summed E-state index contributed by atoms with van der Waals surface area (Å²) in [5.41, 5.74) is 0.380. The zero-order chi connectivity index (χ0) is 10.3. The van der Waals surface area contributed by atoms with E-state index in [4.69, 9.17) is 0 Å². The minimum atomic E-state index is 0.380. The molecule has 3 unspecified atom stereocenters. The van der Waals surface area contributed by atoms with Crippen molar-refractivity contribution in [2.75, 3.05) is 6.54 Å². The van der Waals surface area contributed by atoms with Gasteiger partial charge in [-0.25, -0.2) is 0 Å². The summed E-state index contributed by atoms with van der Waals surface area (Å²) in [6, 6.07) is 0.877. The zero-order valence-corrected chi connectivity index (χ0v) is 10.2. The molecule has 0 radical (unpaired) electrons. The number of rotatable bonds is 1. The van der Waals surface area contributed by atoms with Gasteiger partial charge in [0.1, 0.15) is 0 Å². The average Bonchev–Trinajstić information content (AvgIpc) is 2.58. The first-order valence-electron chi connectivity index (χ1n) is 6.30. The molecule has 0 amide bonds. The van der Waals surface area contributed by atoms with E-state index >= 15 is 0 Å². The fourth-order valence-electron chi connectivity index (χ4n) is 3.71. The molecule has 2 rings (SSSR count). The topological polar surface area (TPSA) is 3.24 Å². The first-order chi connectivity index (χ1) is 6.54. The Morgan fingerprint density at radius 3 is 2.50 bits per heavy atom. The molecule has 82 valence electrons. The minimum Gasteiger partial charge on any atom is -0.295 e. The lowest BCUT2D eigenvalue weighted by Gasteiger charge is -2.38. The largest absolute Gasteiger partial charge is 0.295 e. The van der Waals surface area contributed by atoms with Crippen molar-refractivity contribution in [3.05, 3.63) is 0 Å². The second kappa shape index (κ2) is 3.52. The molecule has 0 N–H and O–H groups in total. The van der Waals surface area contributed by atoms with Crippen LogP contribution in [-0.2, 0) is 0 Å². The molecule has 3 atom stereocenters. The van der Waals surface area contributed by atoms with Gasteiger partial charge in [0.15, 0.2) is 0 Å². The van der Waals surface area contributed by atoms with Crippen molar-refractivity contribution < 1.29 is 0 Å². The van der Waals surface area contributed by atoms with Crippen LogP contribution in [0.3, 0.4) is 0 Å². The average molecular weight is 195 g/mol. The molecule has 0 aromatic carbocycles. The number of hydrogen-bond donors (Lipinski definition) is 0. The second-order valence-corrected chi connectivity index (χ2v) is 6.15. The molecule has 0 spiro atoms. The summed E-state index contributed by atoms with van der Waals surface area (Å²) in [5.74, 6) is 2.05. The number of likely N-dealkylation sites (tertiary alicyclic amines) is 1. The van der Waals surface area contributed by atoms with E-state index in [0.717, 1.165) is 17.9 Å². The molecule has 0 aromatic rings. The lowest BCUT2D eigenvalue weighted by molar-refractivity contribution is 0.101. The maximum absolute atomic E-state index is 2.77. The van der Waals surface area contributed by atoms with E-state index in [0.29, 0.717) is 5.54 Å². The molecule has 1 aliphatic heterocycles. The monoisotopic (exact) mass is 195 g/mol. The summed E-state index contributed by atoms with van der Waals surface area (Å²) in [4.78, 5) is 2.77. The van der Waals surface area contributed by atoms with Gasteiger partial charge in [0.05, 0.1) is 0 Å². The summed E-state index contributed by atoms with van der Waals surface area (Å²) in [7, 11) is 0. The molecule has 2 aliphatic rings. The molecular weight excluding hydrogens is 170 g/mol. The van der Waals surface area contributed by atoms with Gasteiger partial charge >= 0.3 is 0 Å². The highest BCUT2D eigenvalue weighted by Gasteiger charge is 2.46. The Labute approximate surface area is 88.9 Å². The fourth-order valence-corrected chi connectivity index (χ4v) is 3.71. The SMILES string of the molecule is CCC1C2CCCC2CN1C(C)(C)C. The molecule has 1 aliphatic carbocycles. The van der Waals surface area contributed by atoms with Crippen LogP contribution in [0.15, 0.2) is 0 Å². The van der Waals surface area contributed by atoms with Crippen molar-refractivity contribution in [2.24, 2.45) is 11.8 Å². The Hall–Kier alpha value is -0.0400. The molecule has 0 aromatic heterocycles. The predicted molar refractivity (Wildman–Crippen MR) is 61.4 cm³/mol. The molecule has 1 nitrogen and oxygen atoms in total. The second-order valence-electron chi connectivity index (χ2n) is 6.15. The lowest BCUT2D eigenvalue weighted by Crippen LogP contribution is -2.45. The smallest absolute Gasteiger partial charge is 0.0129 e. The van der Waals surface area contributed by atoms with Gasteiger partial charge < -0.3 is 0 Å². The third-order valence-corrected chi connectivity index (χ3v) is 4.32. The third-order valence-electron chi connectivity index (χ3n) is 4.32. The first-order valence-corrected chi connectivity index (χ1v) is 6.30. The van der Waals surface area contributed by atoms with E-state index in [1.165, 1.54) is 32.2 Å². The lowest BCUT2D eigenvalue weighted by atomic mass is 9.92. The minimum absolute atomic E-state index is 0.380. The van der Waals surface area contributed by atoms with Gasteiger partial charge in [-0.05, 0) is 51.9 Å². The van der Waals surface area contributed by atoms with Crippen molar-refractivity contribution in [3.63, 3.8) is 0 Å². The van der Waals surface area contributed by atoms with Crippen LogP contribution in [0.4, 0.5) is 0 Å². The quantitative estimate of drug-likeness (QED) is 0.620. The van der Waals surface area contributed by atoms with Crippen LogP contribution in [0.2, 0.25) is 0 Å². The first kappa shape index (κ1) is 10.5. The van der Waals surface area contributed by atoms with Crippen molar-refractivity contribution in [1.82, 2.24) is 4.90 Å². The Bertz CT molecular complexity index is 204. The Kier molecular flexibility index (Phi) is 2.63. The van der Waals surface area contributed by atoms with Crippen LogP contribution in [0.25, 0.3) is 0 Å². The molecular formula is C13H25N. The molecule has 1 saturated heterocycles. The van der Waals surface area contributed by atoms with Crippen molar-refractivity contribution >= 4 is 0 Å². The molecule has 1 heterocycles. The molecule has 1 saturated carbocycles. The van der Waals surface area contributed by atoms with Gasteiger partial charge in [0.25, 0.3) is 0 Å². The number of hydrogen-bond acceptors (Lipinski definition) is 1. The maximum Gasteiger partial charge on any atom is 0.0129 e. The Morgan fingerprint density at radius 2 is 1.93 bits per heavy atom. The Morgan fingerprint density at radius 1 is 1.21 bits per heavy atom. The van der Waals surface area contributed by atoms with Gasteiger partial charge in [0.2, 0.25) is 0 Å². The fraction of sp³-hybridized carbons (Fsp3) is 1.00. The zero-order valence-electron chi connectivity index (χ0n) is 10.2. The summed E-state index contributed by atoms with van der Waals surface area (Å²) in [6.07, 6.45) is 5.83. The molecule has 14 heavy (non-hydrogen) atoms. The summed E-state index contributed by atoms with van der Waals surface area (Å²) in [5, 5.41) is 0. The van der Waals surface area contributed by atoms with Crippen molar-refractivity contribution in [1.29, 1.82) is 0 Å². The maximum atomic E-state index is 2.77. The highest BCUT2D eigenvalue weighted by atomic mass is 15.2. The number of nitrogens with zero attached hydrogens (tertiary/aromatic N) is 1. The van der Waals surface area contributed by atoms with Crippen LogP contribution < -0.4 is 0 Å². The molecule has 0 bridgehead atoms. The molecule has 1 heteroatoms. The third kappa shape index (κ3) is 1.60. The van der Waals surface area contributed by atoms with Gasteiger partial charge in [-0.3, -0.25) is 4.90 Å². The van der Waals surface area contributed by atoms with Crippen molar-refractivity contribution in [2.45, 2.75) is 65.0 Å². The van der Waals surface area contributed by atoms with E-state index in [2.05, 4.69) is 32.6 Å². The van der Waals surface area contributed by atoms with Crippen LogP contribution in [0, 0.1) is 11.8 Å². The van der Waals surface area contributed by atoms with Crippen LogP contribution >= 0.6 is 0 Å². The highest BCUT2D eigenvalue weighted by Crippen LogP contribution is 2.45. The van der Waals surface area contributed by atoms with Gasteiger partial charge in [-0.2, -0.15) is 0 Å². The van der Waals surface area contributed by atoms with E-state index < -0.39 is 0 Å². The highest BCUT2D eigenvalue weighted by molar-refractivity contribution is 4.99. The summed E-state index contributed by atoms with van der Waals surface area (Å²) < 4.78 is 0. The van der Waals surface area contributed by atoms with Crippen LogP contribution in [-0.4, -0.2) is 23.0 Å². The standard InChI is InChI=1S/C13H25N/c1-5-12-11-8-6-7-10(11)9-14(12)13(2,3)4/h10-12H,5-9H2,1-4H3. The summed E-state index contributed by atoms with van der Waals surface area (Å²) >= 11 is 0. The van der Waals surface area contributed by atoms with Gasteiger partial charge in [0, 0.05) is 18.1 Å². The van der Waals surface area contributed by atoms with E-state index in [9.17, 15) is 0 Å². The number of fused-ring (bicyclic) bond motifs is 1. The molecule has 2 fully saturated rings. The normalized spacial score (nSPS) is 39.0.